The molecule has 4 heteroatoms. The summed E-state index contributed by atoms with van der Waals surface area (Å²) in [4.78, 5) is 12.9. The Labute approximate surface area is 149 Å². The molecule has 0 radical (unpaired) electrons. The third kappa shape index (κ3) is 2.29. The zero-order valence-corrected chi connectivity index (χ0v) is 15.8. The SMILES string of the molecule is CCC(C)C(=O)c1c(O)cc2c3c1OC(C)(C)[C@H]1CC[C@](C)(C[C@@H]31)O2. The molecule has 1 aromatic carbocycles. The molecule has 0 saturated heterocycles. The van der Waals surface area contributed by atoms with E-state index in [4.69, 9.17) is 9.47 Å². The number of carbonyl (C=O) groups is 1. The minimum atomic E-state index is -0.355. The highest BCUT2D eigenvalue weighted by Gasteiger charge is 2.55. The van der Waals surface area contributed by atoms with Gasteiger partial charge in [0.2, 0.25) is 0 Å². The van der Waals surface area contributed by atoms with Crippen molar-refractivity contribution in [3.8, 4) is 17.2 Å². The highest BCUT2D eigenvalue weighted by Crippen LogP contribution is 2.62. The van der Waals surface area contributed by atoms with Gasteiger partial charge in [-0.1, -0.05) is 13.8 Å². The Morgan fingerprint density at radius 3 is 2.76 bits per heavy atom. The molecule has 25 heavy (non-hydrogen) atoms. The summed E-state index contributed by atoms with van der Waals surface area (Å²) in [7, 11) is 0. The molecular weight excluding hydrogens is 316 g/mol. The Kier molecular flexibility index (Phi) is 3.45. The Morgan fingerprint density at radius 2 is 2.08 bits per heavy atom. The number of ketones is 1. The molecule has 3 aliphatic rings. The number of rotatable bonds is 3. The number of phenols is 1. The topological polar surface area (TPSA) is 55.8 Å². The van der Waals surface area contributed by atoms with E-state index in [0.29, 0.717) is 28.9 Å². The average molecular weight is 344 g/mol. The van der Waals surface area contributed by atoms with Crippen molar-refractivity contribution in [1.82, 2.24) is 0 Å². The second-order valence-electron chi connectivity index (χ2n) is 8.90. The lowest BCUT2D eigenvalue weighted by atomic mass is 9.61. The number of Topliss-reactive ketones (excluding diaryl/α,β-unsaturated/α-hetero) is 1. The van der Waals surface area contributed by atoms with Crippen LogP contribution in [0.3, 0.4) is 0 Å². The van der Waals surface area contributed by atoms with Gasteiger partial charge >= 0.3 is 0 Å². The molecule has 1 aromatic rings. The molecule has 4 atom stereocenters. The maximum atomic E-state index is 12.9. The summed E-state index contributed by atoms with van der Waals surface area (Å²) < 4.78 is 12.7. The van der Waals surface area contributed by atoms with Crippen molar-refractivity contribution >= 4 is 5.78 Å². The molecule has 1 N–H and O–H groups in total. The van der Waals surface area contributed by atoms with Gasteiger partial charge in [-0.3, -0.25) is 4.79 Å². The first-order chi connectivity index (χ1) is 11.7. The van der Waals surface area contributed by atoms with Crippen LogP contribution in [0.2, 0.25) is 0 Å². The van der Waals surface area contributed by atoms with Crippen molar-refractivity contribution in [3.05, 3.63) is 17.2 Å². The standard InChI is InChI=1S/C21H28O4/c1-6-11(2)18(23)17-14(22)9-15-16-12-10-21(5,24-15)8-7-13(12)20(3,4)25-19(16)17/h9,11-13,22H,6-8,10H2,1-5H3/t11?,12-,13+,21-/m1/s1. The molecule has 2 heterocycles. The molecule has 4 nitrogen and oxygen atoms in total. The van der Waals surface area contributed by atoms with Crippen LogP contribution < -0.4 is 9.47 Å². The number of carbonyl (C=O) groups excluding carboxylic acids is 1. The Balaban J connectivity index is 1.96. The van der Waals surface area contributed by atoms with E-state index in [1.165, 1.54) is 0 Å². The van der Waals surface area contributed by atoms with Gasteiger partial charge in [0.05, 0.1) is 0 Å². The zero-order valence-electron chi connectivity index (χ0n) is 15.8. The average Bonchev–Trinajstić information content (AvgIpc) is 2.51. The van der Waals surface area contributed by atoms with Crippen LogP contribution in [0.25, 0.3) is 0 Å². The minimum Gasteiger partial charge on any atom is -0.507 e. The Hall–Kier alpha value is -1.71. The van der Waals surface area contributed by atoms with E-state index < -0.39 is 0 Å². The van der Waals surface area contributed by atoms with Gasteiger partial charge in [-0.25, -0.2) is 0 Å². The maximum absolute atomic E-state index is 12.9. The number of aromatic hydroxyl groups is 1. The molecule has 0 spiro atoms. The van der Waals surface area contributed by atoms with Crippen molar-refractivity contribution in [2.24, 2.45) is 11.8 Å². The quantitative estimate of drug-likeness (QED) is 0.798. The lowest BCUT2D eigenvalue weighted by Gasteiger charge is -2.55. The van der Waals surface area contributed by atoms with Crippen molar-refractivity contribution in [1.29, 1.82) is 0 Å². The normalized spacial score (nSPS) is 32.4. The third-order valence-corrected chi connectivity index (χ3v) is 6.67. The van der Waals surface area contributed by atoms with E-state index in [0.717, 1.165) is 31.2 Å². The lowest BCUT2D eigenvalue weighted by Crippen LogP contribution is -2.54. The van der Waals surface area contributed by atoms with Crippen LogP contribution >= 0.6 is 0 Å². The van der Waals surface area contributed by atoms with Crippen molar-refractivity contribution in [2.45, 2.75) is 77.4 Å². The second-order valence-corrected chi connectivity index (χ2v) is 8.90. The predicted octanol–water partition coefficient (Wildman–Crippen LogP) is 4.83. The first-order valence-electron chi connectivity index (χ1n) is 9.49. The number of fused-ring (bicyclic) bond motifs is 1. The number of benzene rings is 1. The van der Waals surface area contributed by atoms with E-state index in [1.54, 1.807) is 6.07 Å². The summed E-state index contributed by atoms with van der Waals surface area (Å²) in [5.74, 6) is 1.79. The fourth-order valence-electron chi connectivity index (χ4n) is 5.05. The predicted molar refractivity (Wildman–Crippen MR) is 95.7 cm³/mol. The molecule has 1 aliphatic carbocycles. The van der Waals surface area contributed by atoms with Gasteiger partial charge < -0.3 is 14.6 Å². The van der Waals surface area contributed by atoms with Gasteiger partial charge in [0, 0.05) is 29.4 Å². The van der Waals surface area contributed by atoms with Crippen LogP contribution in [0, 0.1) is 11.8 Å². The summed E-state index contributed by atoms with van der Waals surface area (Å²) in [5.41, 5.74) is 0.808. The fourth-order valence-corrected chi connectivity index (χ4v) is 5.05. The molecule has 0 aromatic heterocycles. The summed E-state index contributed by atoms with van der Waals surface area (Å²) in [5, 5.41) is 10.6. The fraction of sp³-hybridized carbons (Fsp3) is 0.667. The number of hydrogen-bond acceptors (Lipinski definition) is 4. The zero-order chi connectivity index (χ0) is 18.1. The molecule has 1 fully saturated rings. The van der Waals surface area contributed by atoms with Crippen molar-refractivity contribution < 1.29 is 19.4 Å². The summed E-state index contributed by atoms with van der Waals surface area (Å²) >= 11 is 0. The van der Waals surface area contributed by atoms with Crippen molar-refractivity contribution in [2.75, 3.05) is 0 Å². The number of hydrogen-bond donors (Lipinski definition) is 1. The molecule has 4 rings (SSSR count). The highest BCUT2D eigenvalue weighted by atomic mass is 16.5. The monoisotopic (exact) mass is 344 g/mol. The molecule has 1 saturated carbocycles. The van der Waals surface area contributed by atoms with Crippen LogP contribution in [0.15, 0.2) is 6.07 Å². The third-order valence-electron chi connectivity index (χ3n) is 6.67. The smallest absolute Gasteiger partial charge is 0.173 e. The highest BCUT2D eigenvalue weighted by molar-refractivity contribution is 6.03. The van der Waals surface area contributed by atoms with E-state index in [2.05, 4.69) is 20.8 Å². The Bertz CT molecular complexity index is 751. The van der Waals surface area contributed by atoms with Crippen LogP contribution in [-0.4, -0.2) is 22.1 Å². The van der Waals surface area contributed by atoms with E-state index in [1.807, 2.05) is 13.8 Å². The molecular formula is C21H28O4. The second kappa shape index (κ2) is 5.15. The molecule has 2 aliphatic heterocycles. The maximum Gasteiger partial charge on any atom is 0.173 e. The summed E-state index contributed by atoms with van der Waals surface area (Å²) in [6.07, 6.45) is 3.73. The van der Waals surface area contributed by atoms with Crippen LogP contribution in [-0.2, 0) is 0 Å². The van der Waals surface area contributed by atoms with Crippen LogP contribution in [0.5, 0.6) is 17.2 Å². The van der Waals surface area contributed by atoms with Gasteiger partial charge in [0.1, 0.15) is 34.0 Å². The van der Waals surface area contributed by atoms with Gasteiger partial charge in [0.25, 0.3) is 0 Å². The van der Waals surface area contributed by atoms with E-state index in [-0.39, 0.29) is 28.7 Å². The van der Waals surface area contributed by atoms with Crippen LogP contribution in [0.4, 0.5) is 0 Å². The Morgan fingerprint density at radius 1 is 1.36 bits per heavy atom. The summed E-state index contributed by atoms with van der Waals surface area (Å²) in [6.45, 7) is 10.3. The van der Waals surface area contributed by atoms with Crippen molar-refractivity contribution in [3.63, 3.8) is 0 Å². The molecule has 0 amide bonds. The number of ether oxygens (including phenoxy) is 2. The van der Waals surface area contributed by atoms with Crippen LogP contribution in [0.1, 0.15) is 82.1 Å². The van der Waals surface area contributed by atoms with Gasteiger partial charge in [-0.2, -0.15) is 0 Å². The first kappa shape index (κ1) is 16.7. The first-order valence-corrected chi connectivity index (χ1v) is 9.49. The molecule has 136 valence electrons. The number of phenolic OH excluding ortho intramolecular Hbond substituents is 1. The molecule has 1 unspecified atom stereocenters. The van der Waals surface area contributed by atoms with Gasteiger partial charge in [-0.05, 0) is 46.5 Å². The van der Waals surface area contributed by atoms with E-state index >= 15 is 0 Å². The van der Waals surface area contributed by atoms with Gasteiger partial charge in [-0.15, -0.1) is 0 Å². The molecule has 2 bridgehead atoms. The lowest BCUT2D eigenvalue weighted by molar-refractivity contribution is -0.0731. The largest absolute Gasteiger partial charge is 0.507 e. The van der Waals surface area contributed by atoms with E-state index in [9.17, 15) is 9.90 Å². The minimum absolute atomic E-state index is 0.0168. The summed E-state index contributed by atoms with van der Waals surface area (Å²) in [6, 6.07) is 1.64. The van der Waals surface area contributed by atoms with Gasteiger partial charge in [0.15, 0.2) is 5.78 Å².